The number of nitrogens with zero attached hydrogens (tertiary/aromatic N) is 2. The van der Waals surface area contributed by atoms with Gasteiger partial charge in [-0.3, -0.25) is 4.79 Å². The third-order valence-corrected chi connectivity index (χ3v) is 4.20. The molecular formula is C18H20N4O4. The van der Waals surface area contributed by atoms with E-state index in [2.05, 4.69) is 20.6 Å². The van der Waals surface area contributed by atoms with Crippen molar-refractivity contribution >= 4 is 17.5 Å². The molecule has 0 bridgehead atoms. The van der Waals surface area contributed by atoms with Crippen LogP contribution in [0.2, 0.25) is 0 Å². The maximum atomic E-state index is 12.3. The summed E-state index contributed by atoms with van der Waals surface area (Å²) in [6, 6.07) is 7.08. The van der Waals surface area contributed by atoms with Gasteiger partial charge in [0.1, 0.15) is 18.9 Å². The highest BCUT2D eigenvalue weighted by Crippen LogP contribution is 2.33. The van der Waals surface area contributed by atoms with Crippen LogP contribution in [-0.2, 0) is 4.74 Å². The van der Waals surface area contributed by atoms with Crippen molar-refractivity contribution in [2.75, 3.05) is 31.7 Å². The summed E-state index contributed by atoms with van der Waals surface area (Å²) in [5, 5.41) is 5.94. The molecule has 4 rings (SSSR count). The summed E-state index contributed by atoms with van der Waals surface area (Å²) in [5.41, 5.74) is 1.06. The van der Waals surface area contributed by atoms with Gasteiger partial charge in [-0.15, -0.1) is 0 Å². The fourth-order valence-corrected chi connectivity index (χ4v) is 2.90. The van der Waals surface area contributed by atoms with Crippen molar-refractivity contribution in [3.8, 4) is 11.5 Å². The fourth-order valence-electron chi connectivity index (χ4n) is 2.90. The van der Waals surface area contributed by atoms with Crippen molar-refractivity contribution in [2.24, 2.45) is 0 Å². The number of hydrogen-bond acceptors (Lipinski definition) is 7. The van der Waals surface area contributed by atoms with Gasteiger partial charge in [0.25, 0.3) is 5.91 Å². The van der Waals surface area contributed by atoms with Gasteiger partial charge in [0.15, 0.2) is 11.5 Å². The quantitative estimate of drug-likeness (QED) is 0.845. The second-order valence-electron chi connectivity index (χ2n) is 6.09. The third-order valence-electron chi connectivity index (χ3n) is 4.20. The topological polar surface area (TPSA) is 94.6 Å². The van der Waals surface area contributed by atoms with Crippen molar-refractivity contribution in [2.45, 2.75) is 18.9 Å². The summed E-state index contributed by atoms with van der Waals surface area (Å²) < 4.78 is 16.6. The Morgan fingerprint density at radius 1 is 1.15 bits per heavy atom. The molecule has 2 aromatic rings. The van der Waals surface area contributed by atoms with E-state index in [9.17, 15) is 4.79 Å². The van der Waals surface area contributed by atoms with Crippen LogP contribution in [0, 0.1) is 0 Å². The first-order valence-electron chi connectivity index (χ1n) is 8.67. The van der Waals surface area contributed by atoms with Crippen LogP contribution in [0.25, 0.3) is 0 Å². The SMILES string of the molecule is O=C(NCC1CCCO1)c1ccnc(Nc2ccc3c(c2)OCCO3)n1. The van der Waals surface area contributed by atoms with Gasteiger partial charge in [0.05, 0.1) is 6.10 Å². The molecule has 8 heteroatoms. The molecule has 26 heavy (non-hydrogen) atoms. The summed E-state index contributed by atoms with van der Waals surface area (Å²) in [6.07, 6.45) is 3.66. The van der Waals surface area contributed by atoms with Crippen LogP contribution in [0.1, 0.15) is 23.3 Å². The van der Waals surface area contributed by atoms with Crippen LogP contribution in [0.3, 0.4) is 0 Å². The Balaban J connectivity index is 1.41. The van der Waals surface area contributed by atoms with Crippen molar-refractivity contribution in [3.63, 3.8) is 0 Å². The van der Waals surface area contributed by atoms with E-state index in [0.29, 0.717) is 42.9 Å². The second kappa shape index (κ2) is 7.57. The molecule has 8 nitrogen and oxygen atoms in total. The molecule has 0 aliphatic carbocycles. The van der Waals surface area contributed by atoms with Crippen LogP contribution in [0.15, 0.2) is 30.5 Å². The standard InChI is InChI=1S/C18H20N4O4/c23-17(20-11-13-2-1-7-24-13)14-5-6-19-18(22-14)21-12-3-4-15-16(10-12)26-9-8-25-15/h3-6,10,13H,1-2,7-9,11H2,(H,20,23)(H,19,21,22). The number of hydrogen-bond donors (Lipinski definition) is 2. The average Bonchev–Trinajstić information content (AvgIpc) is 3.20. The number of nitrogens with one attached hydrogen (secondary N) is 2. The summed E-state index contributed by atoms with van der Waals surface area (Å²) in [5.74, 6) is 1.48. The maximum Gasteiger partial charge on any atom is 0.270 e. The number of amides is 1. The highest BCUT2D eigenvalue weighted by atomic mass is 16.6. The van der Waals surface area contributed by atoms with Gasteiger partial charge in [-0.25, -0.2) is 9.97 Å². The molecule has 0 radical (unpaired) electrons. The van der Waals surface area contributed by atoms with Crippen LogP contribution < -0.4 is 20.1 Å². The number of fused-ring (bicyclic) bond motifs is 1. The van der Waals surface area contributed by atoms with Crippen molar-refractivity contribution in [3.05, 3.63) is 36.2 Å². The number of anilines is 2. The van der Waals surface area contributed by atoms with Gasteiger partial charge >= 0.3 is 0 Å². The minimum Gasteiger partial charge on any atom is -0.486 e. The highest BCUT2D eigenvalue weighted by Gasteiger charge is 2.17. The third kappa shape index (κ3) is 3.85. The lowest BCUT2D eigenvalue weighted by Crippen LogP contribution is -2.32. The molecule has 1 aromatic heterocycles. The lowest BCUT2D eigenvalue weighted by atomic mass is 10.2. The van der Waals surface area contributed by atoms with E-state index in [0.717, 1.165) is 25.1 Å². The van der Waals surface area contributed by atoms with E-state index < -0.39 is 0 Å². The Kier molecular flexibility index (Phi) is 4.83. The minimum atomic E-state index is -0.242. The molecule has 2 N–H and O–H groups in total. The second-order valence-corrected chi connectivity index (χ2v) is 6.09. The molecule has 0 saturated carbocycles. The number of aromatic nitrogens is 2. The van der Waals surface area contributed by atoms with Gasteiger partial charge in [-0.05, 0) is 31.0 Å². The smallest absolute Gasteiger partial charge is 0.270 e. The van der Waals surface area contributed by atoms with E-state index in [1.165, 1.54) is 0 Å². The van der Waals surface area contributed by atoms with Gasteiger partial charge in [0, 0.05) is 31.1 Å². The Hall–Kier alpha value is -2.87. The van der Waals surface area contributed by atoms with E-state index in [-0.39, 0.29) is 12.0 Å². The molecule has 2 aliphatic rings. The molecule has 1 saturated heterocycles. The van der Waals surface area contributed by atoms with Crippen molar-refractivity contribution in [1.29, 1.82) is 0 Å². The zero-order chi connectivity index (χ0) is 17.8. The molecule has 136 valence electrons. The summed E-state index contributed by atoms with van der Waals surface area (Å²) in [4.78, 5) is 20.7. The molecule has 1 atom stereocenters. The molecule has 1 fully saturated rings. The fraction of sp³-hybridized carbons (Fsp3) is 0.389. The van der Waals surface area contributed by atoms with Crippen molar-refractivity contribution < 1.29 is 19.0 Å². The lowest BCUT2D eigenvalue weighted by molar-refractivity contribution is 0.0853. The molecule has 1 amide bonds. The predicted octanol–water partition coefficient (Wildman–Crippen LogP) is 1.90. The zero-order valence-electron chi connectivity index (χ0n) is 14.2. The first kappa shape index (κ1) is 16.6. The van der Waals surface area contributed by atoms with E-state index >= 15 is 0 Å². The minimum absolute atomic E-state index is 0.0936. The van der Waals surface area contributed by atoms with Gasteiger partial charge < -0.3 is 24.8 Å². The van der Waals surface area contributed by atoms with E-state index in [4.69, 9.17) is 14.2 Å². The van der Waals surface area contributed by atoms with Gasteiger partial charge in [0.2, 0.25) is 5.95 Å². The Morgan fingerprint density at radius 2 is 2.04 bits per heavy atom. The Bertz CT molecular complexity index is 793. The lowest BCUT2D eigenvalue weighted by Gasteiger charge is -2.19. The number of benzene rings is 1. The largest absolute Gasteiger partial charge is 0.486 e. The highest BCUT2D eigenvalue weighted by molar-refractivity contribution is 5.92. The van der Waals surface area contributed by atoms with Gasteiger partial charge in [-0.2, -0.15) is 0 Å². The predicted molar refractivity (Wildman–Crippen MR) is 94.1 cm³/mol. The number of ether oxygens (including phenoxy) is 3. The monoisotopic (exact) mass is 356 g/mol. The molecule has 0 spiro atoms. The summed E-state index contributed by atoms with van der Waals surface area (Å²) in [6.45, 7) is 2.32. The first-order valence-corrected chi connectivity index (χ1v) is 8.67. The molecule has 3 heterocycles. The molecule has 1 unspecified atom stereocenters. The molecular weight excluding hydrogens is 336 g/mol. The average molecular weight is 356 g/mol. The summed E-state index contributed by atoms with van der Waals surface area (Å²) >= 11 is 0. The normalized spacial score (nSPS) is 18.4. The Labute approximate surface area is 150 Å². The van der Waals surface area contributed by atoms with Gasteiger partial charge in [-0.1, -0.05) is 0 Å². The number of rotatable bonds is 5. The summed E-state index contributed by atoms with van der Waals surface area (Å²) in [7, 11) is 0. The number of carbonyl (C=O) groups excluding carboxylic acids is 1. The van der Waals surface area contributed by atoms with E-state index in [1.807, 2.05) is 18.2 Å². The molecule has 1 aromatic carbocycles. The Morgan fingerprint density at radius 3 is 2.88 bits per heavy atom. The van der Waals surface area contributed by atoms with Crippen LogP contribution >= 0.6 is 0 Å². The van der Waals surface area contributed by atoms with Crippen molar-refractivity contribution in [1.82, 2.24) is 15.3 Å². The van der Waals surface area contributed by atoms with Crippen LogP contribution in [0.4, 0.5) is 11.6 Å². The maximum absolute atomic E-state index is 12.3. The van der Waals surface area contributed by atoms with Crippen LogP contribution in [0.5, 0.6) is 11.5 Å². The van der Waals surface area contributed by atoms with Crippen LogP contribution in [-0.4, -0.2) is 48.3 Å². The van der Waals surface area contributed by atoms with E-state index in [1.54, 1.807) is 12.3 Å². The zero-order valence-corrected chi connectivity index (χ0v) is 14.2. The number of carbonyl (C=O) groups is 1. The molecule has 2 aliphatic heterocycles. The first-order chi connectivity index (χ1) is 12.8.